The second kappa shape index (κ2) is 41.9. The second-order valence-electron chi connectivity index (χ2n) is 24.9. The van der Waals surface area contributed by atoms with Crippen molar-refractivity contribution in [3.05, 3.63) is 28.7 Å². The number of carbonyl (C=O) groups is 9. The van der Waals surface area contributed by atoms with Crippen LogP contribution in [0, 0.1) is 35.5 Å². The predicted octanol–water partition coefficient (Wildman–Crippen LogP) is 3.34. The quantitative estimate of drug-likeness (QED) is 0.143. The lowest BCUT2D eigenvalue weighted by Gasteiger charge is -2.32. The van der Waals surface area contributed by atoms with Crippen molar-refractivity contribution in [2.75, 3.05) is 5.73 Å². The van der Waals surface area contributed by atoms with Gasteiger partial charge in [-0.1, -0.05) is 51.4 Å². The molecule has 0 amide bonds. The SMILES string of the molecule is NC1(C(=O)O)CCC1.NC1(C(=O)O)CCCCC1.NC1CCC(CC(=O)O)CC1.NC1CCC(CC(=O)O)CC1.N[C@@H]1CCCC[C@H]1C(=O)O.N[C@@H]1CCC[C@H]1C(=O)O.N[C@H]1CCC[C@@H]1C(=O)O.N[C@H]1CCC[C@H]1C(=O)O.Nc1cccn(CC(=O)O)c1=O. The maximum atomic E-state index is 11.1. The van der Waals surface area contributed by atoms with Gasteiger partial charge in [0.1, 0.15) is 17.6 Å². The van der Waals surface area contributed by atoms with Gasteiger partial charge in [0.2, 0.25) is 0 Å². The average Bonchev–Trinajstić information content (AvgIpc) is 4.38. The highest BCUT2D eigenvalue weighted by Crippen LogP contribution is 2.30. The first kappa shape index (κ1) is 80.7. The van der Waals surface area contributed by atoms with Crippen LogP contribution in [0.4, 0.5) is 5.69 Å². The molecule has 0 saturated heterocycles. The van der Waals surface area contributed by atoms with Crippen LogP contribution in [0.2, 0.25) is 0 Å². The van der Waals surface area contributed by atoms with Crippen LogP contribution in [0.25, 0.3) is 0 Å². The van der Waals surface area contributed by atoms with Crippen LogP contribution in [0.3, 0.4) is 0 Å². The van der Waals surface area contributed by atoms with Gasteiger partial charge < -0.3 is 102 Å². The third kappa shape index (κ3) is 32.3. The Balaban J connectivity index is 0.000000502. The fourth-order valence-corrected chi connectivity index (χ4v) is 11.6. The molecule has 0 unspecified atom stereocenters. The van der Waals surface area contributed by atoms with Crippen molar-refractivity contribution in [1.82, 2.24) is 4.57 Å². The molecule has 0 bridgehead atoms. The number of aliphatic carboxylic acids is 9. The first-order valence-corrected chi connectivity index (χ1v) is 31.2. The van der Waals surface area contributed by atoms with Crippen molar-refractivity contribution < 1.29 is 89.1 Å². The van der Waals surface area contributed by atoms with Crippen LogP contribution in [-0.2, 0) is 49.7 Å². The van der Waals surface area contributed by atoms with Crippen LogP contribution in [0.15, 0.2) is 23.1 Å². The van der Waals surface area contributed by atoms with E-state index in [-0.39, 0.29) is 60.1 Å². The van der Waals surface area contributed by atoms with Gasteiger partial charge in [0.15, 0.2) is 0 Å². The van der Waals surface area contributed by atoms with Crippen molar-refractivity contribution in [1.29, 1.82) is 0 Å². The number of nitrogens with zero attached hydrogens (tertiary/aromatic N) is 1. The van der Waals surface area contributed by atoms with Gasteiger partial charge in [-0.15, -0.1) is 0 Å². The minimum Gasteiger partial charge on any atom is -0.481 e. The Labute approximate surface area is 520 Å². The molecule has 8 saturated carbocycles. The number of carboxylic acid groups (broad SMARTS) is 9. The highest BCUT2D eigenvalue weighted by Gasteiger charge is 2.40. The van der Waals surface area contributed by atoms with E-state index < -0.39 is 70.4 Å². The lowest BCUT2D eigenvalue weighted by atomic mass is 9.78. The fourth-order valence-electron chi connectivity index (χ4n) is 11.6. The van der Waals surface area contributed by atoms with Crippen molar-refractivity contribution in [2.45, 2.75) is 253 Å². The van der Waals surface area contributed by atoms with E-state index in [9.17, 15) is 47.9 Å². The molecule has 8 aliphatic carbocycles. The molecule has 0 aliphatic heterocycles. The van der Waals surface area contributed by atoms with Gasteiger partial charge >= 0.3 is 53.7 Å². The number of anilines is 1. The molecule has 8 fully saturated rings. The third-order valence-corrected chi connectivity index (χ3v) is 17.7. The Morgan fingerprint density at radius 3 is 0.944 bits per heavy atom. The fraction of sp³-hybridized carbons (Fsp3) is 0.767. The van der Waals surface area contributed by atoms with E-state index >= 15 is 0 Å². The molecule has 0 aromatic carbocycles. The lowest BCUT2D eigenvalue weighted by molar-refractivity contribution is -0.147. The van der Waals surface area contributed by atoms with Gasteiger partial charge in [0, 0.05) is 55.3 Å². The monoisotopic (exact) mass is 1270 g/mol. The van der Waals surface area contributed by atoms with Crippen molar-refractivity contribution >= 4 is 59.4 Å². The first-order chi connectivity index (χ1) is 41.6. The van der Waals surface area contributed by atoms with Gasteiger partial charge in [-0.2, -0.15) is 0 Å². The minimum atomic E-state index is -1.07. The molecule has 9 rings (SSSR count). The number of pyridine rings is 1. The second-order valence-corrected chi connectivity index (χ2v) is 24.9. The Bertz CT molecular complexity index is 2300. The molecular formula is C60H106N10O19. The Morgan fingerprint density at radius 1 is 0.404 bits per heavy atom. The zero-order valence-electron chi connectivity index (χ0n) is 51.5. The zero-order valence-corrected chi connectivity index (χ0v) is 51.5. The Kier molecular flexibility index (Phi) is 37.9. The van der Waals surface area contributed by atoms with E-state index in [0.717, 1.165) is 165 Å². The molecule has 0 radical (unpaired) electrons. The predicted molar refractivity (Wildman–Crippen MR) is 330 cm³/mol. The number of nitrogens with two attached hydrogens (primary N) is 9. The van der Waals surface area contributed by atoms with Gasteiger partial charge in [-0.3, -0.25) is 47.9 Å². The molecule has 8 atom stereocenters. The topological polar surface area (TPSA) is 592 Å². The summed E-state index contributed by atoms with van der Waals surface area (Å²) in [5, 5.41) is 76.6. The van der Waals surface area contributed by atoms with E-state index in [0.29, 0.717) is 62.4 Å². The summed E-state index contributed by atoms with van der Waals surface area (Å²) >= 11 is 0. The van der Waals surface area contributed by atoms with Gasteiger partial charge in [0.05, 0.1) is 29.4 Å². The summed E-state index contributed by atoms with van der Waals surface area (Å²) in [5.41, 5.74) is 47.5. The molecule has 29 nitrogen and oxygen atoms in total. The minimum absolute atomic E-state index is 0.0544. The van der Waals surface area contributed by atoms with E-state index in [1.165, 1.54) is 18.3 Å². The summed E-state index contributed by atoms with van der Waals surface area (Å²) in [6, 6.07) is 3.21. The summed E-state index contributed by atoms with van der Waals surface area (Å²) in [4.78, 5) is 104. The van der Waals surface area contributed by atoms with Gasteiger partial charge in [-0.05, 0) is 159 Å². The molecule has 27 N–H and O–H groups in total. The van der Waals surface area contributed by atoms with Crippen LogP contribution in [0.5, 0.6) is 0 Å². The average molecular weight is 1270 g/mol. The normalized spacial score (nSPS) is 28.4. The highest BCUT2D eigenvalue weighted by atomic mass is 16.4. The summed E-state index contributed by atoms with van der Waals surface area (Å²) in [6.07, 6.45) is 28.1. The van der Waals surface area contributed by atoms with Crippen LogP contribution < -0.4 is 57.2 Å². The van der Waals surface area contributed by atoms with E-state index in [4.69, 9.17) is 97.6 Å². The van der Waals surface area contributed by atoms with Crippen molar-refractivity contribution in [3.63, 3.8) is 0 Å². The van der Waals surface area contributed by atoms with E-state index in [1.807, 2.05) is 0 Å². The molecule has 8 aliphatic rings. The Hall–Kier alpha value is -6.34. The highest BCUT2D eigenvalue weighted by molar-refractivity contribution is 5.79. The number of nitrogen functional groups attached to an aromatic ring is 1. The molecule has 1 aromatic rings. The largest absolute Gasteiger partial charge is 0.481 e. The van der Waals surface area contributed by atoms with Crippen molar-refractivity contribution in [3.8, 4) is 0 Å². The van der Waals surface area contributed by atoms with Crippen LogP contribution in [-0.4, -0.2) is 152 Å². The molecule has 1 aromatic heterocycles. The third-order valence-electron chi connectivity index (χ3n) is 17.7. The Morgan fingerprint density at radius 2 is 0.708 bits per heavy atom. The number of aromatic nitrogens is 1. The molecule has 0 spiro atoms. The van der Waals surface area contributed by atoms with Crippen molar-refractivity contribution in [2.24, 2.45) is 81.4 Å². The summed E-state index contributed by atoms with van der Waals surface area (Å²) in [5.74, 6) is -7.39. The molecular weight excluding hydrogens is 1160 g/mol. The number of rotatable bonds is 12. The standard InChI is InChI=1S/2C8H15NO2.C7H8N2O3.2C7H13NO2.3C6H11NO2.C5H9NO2/c2*9-7-3-1-6(2-4-7)5-8(10)11;8-5-2-1-3-9(7(5)12)4-6(10)11;8-7(6(9)10)4-2-1-3-5-7;8-6-4-2-1-3-5(6)7(9)10;3*7-5-3-1-2-4(5)6(8)9;6-5(4(7)8)2-1-3-5/h2*6-7H,1-5,9H2,(H,10,11);1-3H,4,8H2,(H,10,11);1-5,8H2,(H,9,10);5-6H,1-4,8H2,(H,9,10);3*4-5H,1-3,7H2,(H,8,9);1-3,6H2,(H,7,8)/t;;;;5-,6-;4-,5+;2*4-,5-;/m....1110./s1. The zero-order chi connectivity index (χ0) is 67.6. The van der Waals surface area contributed by atoms with Crippen LogP contribution >= 0.6 is 0 Å². The summed E-state index contributed by atoms with van der Waals surface area (Å²) in [7, 11) is 0. The van der Waals surface area contributed by atoms with Crippen LogP contribution in [0.1, 0.15) is 199 Å². The van der Waals surface area contributed by atoms with Gasteiger partial charge in [0.25, 0.3) is 5.56 Å². The molecule has 29 heteroatoms. The smallest absolute Gasteiger partial charge is 0.323 e. The summed E-state index contributed by atoms with van der Waals surface area (Å²) in [6.45, 7) is -0.357. The van der Waals surface area contributed by atoms with Gasteiger partial charge in [-0.25, -0.2) is 0 Å². The maximum absolute atomic E-state index is 11.1. The van der Waals surface area contributed by atoms with E-state index in [1.54, 1.807) is 0 Å². The molecule has 1 heterocycles. The number of hydrogen-bond acceptors (Lipinski definition) is 19. The van der Waals surface area contributed by atoms with E-state index in [2.05, 4.69) is 0 Å². The molecule has 89 heavy (non-hydrogen) atoms. The first-order valence-electron chi connectivity index (χ1n) is 31.2. The summed E-state index contributed by atoms with van der Waals surface area (Å²) < 4.78 is 1.04. The lowest BCUT2D eigenvalue weighted by Crippen LogP contribution is -2.53. The number of hydrogen-bond donors (Lipinski definition) is 18. The number of carboxylic acids is 9. The molecule has 510 valence electrons. The maximum Gasteiger partial charge on any atom is 0.323 e.